The van der Waals surface area contributed by atoms with Crippen LogP contribution < -0.4 is 5.32 Å². The molecule has 0 bridgehead atoms. The maximum atomic E-state index is 4.70. The van der Waals surface area contributed by atoms with E-state index in [0.29, 0.717) is 0 Å². The molecule has 1 aliphatic heterocycles. The van der Waals surface area contributed by atoms with Crippen molar-refractivity contribution in [3.63, 3.8) is 0 Å². The number of hydrogen-bond acceptors (Lipinski definition) is 4. The lowest BCUT2D eigenvalue weighted by Gasteiger charge is -2.16. The highest BCUT2D eigenvalue weighted by Gasteiger charge is 2.16. The van der Waals surface area contributed by atoms with Crippen LogP contribution in [0.25, 0.3) is 0 Å². The summed E-state index contributed by atoms with van der Waals surface area (Å²) < 4.78 is 0. The van der Waals surface area contributed by atoms with Crippen molar-refractivity contribution in [2.24, 2.45) is 0 Å². The molecule has 0 amide bonds. The van der Waals surface area contributed by atoms with E-state index in [-0.39, 0.29) is 0 Å². The van der Waals surface area contributed by atoms with Gasteiger partial charge in [-0.05, 0) is 19.4 Å². The van der Waals surface area contributed by atoms with Crippen molar-refractivity contribution in [1.29, 1.82) is 0 Å². The van der Waals surface area contributed by atoms with Gasteiger partial charge in [0.2, 0.25) is 0 Å². The van der Waals surface area contributed by atoms with E-state index in [4.69, 9.17) is 4.98 Å². The Hall–Kier alpha value is -0.610. The van der Waals surface area contributed by atoms with E-state index < -0.39 is 0 Å². The minimum absolute atomic E-state index is 1.04. The highest BCUT2D eigenvalue weighted by atomic mass is 32.1. The van der Waals surface area contributed by atoms with E-state index in [2.05, 4.69) is 24.1 Å². The Morgan fingerprint density at radius 2 is 2.12 bits per heavy atom. The lowest BCUT2D eigenvalue weighted by Crippen LogP contribution is -2.25. The van der Waals surface area contributed by atoms with Gasteiger partial charge in [0, 0.05) is 30.9 Å². The topological polar surface area (TPSA) is 28.2 Å². The molecule has 90 valence electrons. The lowest BCUT2D eigenvalue weighted by atomic mass is 10.2. The summed E-state index contributed by atoms with van der Waals surface area (Å²) >= 11 is 1.85. The predicted molar refractivity (Wildman–Crippen MR) is 70.4 cm³/mol. The summed E-state index contributed by atoms with van der Waals surface area (Å²) in [6.45, 7) is 8.98. The molecule has 3 nitrogen and oxygen atoms in total. The second kappa shape index (κ2) is 5.64. The van der Waals surface area contributed by atoms with Gasteiger partial charge >= 0.3 is 0 Å². The fourth-order valence-electron chi connectivity index (χ4n) is 2.03. The summed E-state index contributed by atoms with van der Waals surface area (Å²) in [5.74, 6) is 0. The smallest absolute Gasteiger partial charge is 0.183 e. The van der Waals surface area contributed by atoms with E-state index in [0.717, 1.165) is 31.1 Å². The molecule has 0 fully saturated rings. The molecular formula is C12H21N3S. The maximum absolute atomic E-state index is 4.70. The maximum Gasteiger partial charge on any atom is 0.183 e. The molecule has 2 rings (SSSR count). The third kappa shape index (κ3) is 2.74. The number of thiazole rings is 1. The van der Waals surface area contributed by atoms with Crippen LogP contribution in [0, 0.1) is 0 Å². The molecule has 4 heteroatoms. The number of likely N-dealkylation sites (N-methyl/N-ethyl adjacent to an activating group) is 1. The zero-order valence-corrected chi connectivity index (χ0v) is 11.1. The van der Waals surface area contributed by atoms with Gasteiger partial charge in [0.05, 0.1) is 5.69 Å². The third-order valence-electron chi connectivity index (χ3n) is 3.07. The fraction of sp³-hybridized carbons (Fsp3) is 0.750. The summed E-state index contributed by atoms with van der Waals surface area (Å²) in [5, 5.41) is 4.51. The molecule has 0 saturated carbocycles. The van der Waals surface area contributed by atoms with Crippen molar-refractivity contribution in [2.75, 3.05) is 31.5 Å². The molecule has 0 aromatic carbocycles. The van der Waals surface area contributed by atoms with Crippen LogP contribution in [0.1, 0.15) is 30.8 Å². The van der Waals surface area contributed by atoms with Crippen molar-refractivity contribution in [2.45, 2.75) is 33.1 Å². The van der Waals surface area contributed by atoms with E-state index in [1.807, 2.05) is 11.3 Å². The number of hydrogen-bond donors (Lipinski definition) is 1. The van der Waals surface area contributed by atoms with Crippen molar-refractivity contribution in [3.8, 4) is 0 Å². The average molecular weight is 239 g/mol. The number of rotatable bonds is 4. The molecule has 0 atom stereocenters. The molecule has 1 N–H and O–H groups in total. The first-order valence-electron chi connectivity index (χ1n) is 6.28. The van der Waals surface area contributed by atoms with Gasteiger partial charge in [0.25, 0.3) is 0 Å². The Labute approximate surface area is 102 Å². The van der Waals surface area contributed by atoms with E-state index in [9.17, 15) is 0 Å². The number of aromatic nitrogens is 1. The molecule has 0 spiro atoms. The normalized spacial score (nSPS) is 16.9. The first kappa shape index (κ1) is 11.9. The Kier molecular flexibility index (Phi) is 4.18. The van der Waals surface area contributed by atoms with Crippen LogP contribution in [0.15, 0.2) is 0 Å². The van der Waals surface area contributed by atoms with Gasteiger partial charge in [-0.25, -0.2) is 4.98 Å². The van der Waals surface area contributed by atoms with E-state index in [1.165, 1.54) is 30.1 Å². The summed E-state index contributed by atoms with van der Waals surface area (Å²) in [5.41, 5.74) is 1.33. The van der Waals surface area contributed by atoms with E-state index >= 15 is 0 Å². The van der Waals surface area contributed by atoms with Crippen LogP contribution in [0.3, 0.4) is 0 Å². The summed E-state index contributed by atoms with van der Waals surface area (Å²) in [4.78, 5) is 8.70. The zero-order chi connectivity index (χ0) is 11.4. The zero-order valence-electron chi connectivity index (χ0n) is 10.3. The molecule has 16 heavy (non-hydrogen) atoms. The molecule has 0 aliphatic carbocycles. The standard InChI is InChI=1S/C12H21N3S/c1-3-7-13-12-14-10-5-8-15(4-2)9-6-11(10)16-12/h3-9H2,1-2H3,(H,13,14). The average Bonchev–Trinajstić information content (AvgIpc) is 2.60. The lowest BCUT2D eigenvalue weighted by molar-refractivity contribution is 0.303. The van der Waals surface area contributed by atoms with Crippen molar-refractivity contribution in [3.05, 3.63) is 10.6 Å². The number of nitrogens with zero attached hydrogens (tertiary/aromatic N) is 2. The van der Waals surface area contributed by atoms with Gasteiger partial charge in [-0.3, -0.25) is 0 Å². The van der Waals surface area contributed by atoms with Crippen molar-refractivity contribution in [1.82, 2.24) is 9.88 Å². The van der Waals surface area contributed by atoms with Crippen LogP contribution in [0.4, 0.5) is 5.13 Å². The van der Waals surface area contributed by atoms with Crippen LogP contribution in [0.5, 0.6) is 0 Å². The van der Waals surface area contributed by atoms with Crippen LogP contribution in [-0.4, -0.2) is 36.1 Å². The molecular weight excluding hydrogens is 218 g/mol. The number of anilines is 1. The Morgan fingerprint density at radius 1 is 1.31 bits per heavy atom. The molecule has 2 heterocycles. The highest BCUT2D eigenvalue weighted by molar-refractivity contribution is 7.15. The molecule has 0 saturated heterocycles. The quantitative estimate of drug-likeness (QED) is 0.874. The second-order valence-corrected chi connectivity index (χ2v) is 5.33. The minimum atomic E-state index is 1.04. The fourth-order valence-corrected chi connectivity index (χ4v) is 3.06. The predicted octanol–water partition coefficient (Wildman–Crippen LogP) is 2.39. The molecule has 1 aromatic heterocycles. The van der Waals surface area contributed by atoms with E-state index in [1.54, 1.807) is 0 Å². The molecule has 0 unspecified atom stereocenters. The Bertz CT molecular complexity index is 310. The van der Waals surface area contributed by atoms with Gasteiger partial charge in [0.1, 0.15) is 0 Å². The van der Waals surface area contributed by atoms with Gasteiger partial charge in [0.15, 0.2) is 5.13 Å². The Balaban J connectivity index is 2.01. The minimum Gasteiger partial charge on any atom is -0.362 e. The largest absolute Gasteiger partial charge is 0.362 e. The third-order valence-corrected chi connectivity index (χ3v) is 4.19. The van der Waals surface area contributed by atoms with Crippen molar-refractivity contribution < 1.29 is 0 Å². The van der Waals surface area contributed by atoms with Gasteiger partial charge in [-0.1, -0.05) is 13.8 Å². The van der Waals surface area contributed by atoms with Gasteiger partial charge < -0.3 is 10.2 Å². The van der Waals surface area contributed by atoms with Gasteiger partial charge in [-0.15, -0.1) is 11.3 Å². The van der Waals surface area contributed by atoms with Crippen LogP contribution in [-0.2, 0) is 12.8 Å². The molecule has 0 radical (unpaired) electrons. The molecule has 1 aromatic rings. The summed E-state index contributed by atoms with van der Waals surface area (Å²) in [6, 6.07) is 0. The second-order valence-electron chi connectivity index (χ2n) is 4.25. The highest BCUT2D eigenvalue weighted by Crippen LogP contribution is 2.26. The molecule has 1 aliphatic rings. The summed E-state index contributed by atoms with van der Waals surface area (Å²) in [7, 11) is 0. The van der Waals surface area contributed by atoms with Crippen LogP contribution >= 0.6 is 11.3 Å². The monoisotopic (exact) mass is 239 g/mol. The number of nitrogens with one attached hydrogen (secondary N) is 1. The van der Waals surface area contributed by atoms with Crippen LogP contribution in [0.2, 0.25) is 0 Å². The summed E-state index contributed by atoms with van der Waals surface area (Å²) in [6.07, 6.45) is 3.45. The SMILES string of the molecule is CCCNc1nc2c(s1)CCN(CC)CC2. The first-order valence-corrected chi connectivity index (χ1v) is 7.10. The van der Waals surface area contributed by atoms with Gasteiger partial charge in [-0.2, -0.15) is 0 Å². The Morgan fingerprint density at radius 3 is 2.88 bits per heavy atom. The number of fused-ring (bicyclic) bond motifs is 1. The first-order chi connectivity index (χ1) is 7.83. The van der Waals surface area contributed by atoms with Crippen molar-refractivity contribution >= 4 is 16.5 Å².